The standard InChI is InChI=1S/C19H18N4OS/c1-11-7-6-10-14-15(11)16-17(24)23(13-8-4-3-5-9-13)19-21-20-12(2)22(19)18(16)25-14/h3-5,8-9,11H,6-7,10H2,1-2H3/t11-/m0/s1. The summed E-state index contributed by atoms with van der Waals surface area (Å²) in [6.07, 6.45) is 3.40. The summed E-state index contributed by atoms with van der Waals surface area (Å²) in [5, 5.41) is 9.42. The van der Waals surface area contributed by atoms with Crippen LogP contribution < -0.4 is 5.56 Å². The van der Waals surface area contributed by atoms with Crippen molar-refractivity contribution in [2.24, 2.45) is 0 Å². The molecule has 0 saturated carbocycles. The summed E-state index contributed by atoms with van der Waals surface area (Å²) in [6.45, 7) is 4.18. The summed E-state index contributed by atoms with van der Waals surface area (Å²) >= 11 is 1.74. The second kappa shape index (κ2) is 5.26. The first-order chi connectivity index (χ1) is 12.2. The van der Waals surface area contributed by atoms with Gasteiger partial charge in [0.25, 0.3) is 5.56 Å². The molecule has 6 heteroatoms. The number of thiophene rings is 1. The number of benzene rings is 1. The highest BCUT2D eigenvalue weighted by molar-refractivity contribution is 7.19. The van der Waals surface area contributed by atoms with Gasteiger partial charge in [0.15, 0.2) is 0 Å². The van der Waals surface area contributed by atoms with Gasteiger partial charge < -0.3 is 0 Å². The van der Waals surface area contributed by atoms with Crippen LogP contribution in [0.5, 0.6) is 0 Å². The molecule has 0 aliphatic heterocycles. The van der Waals surface area contributed by atoms with Gasteiger partial charge in [-0.05, 0) is 49.8 Å². The predicted octanol–water partition coefficient (Wildman–Crippen LogP) is 3.84. The van der Waals surface area contributed by atoms with Crippen LogP contribution in [0.1, 0.15) is 41.9 Å². The minimum absolute atomic E-state index is 0.0207. The molecule has 0 amide bonds. The van der Waals surface area contributed by atoms with Gasteiger partial charge in [-0.25, -0.2) is 4.57 Å². The van der Waals surface area contributed by atoms with E-state index in [0.29, 0.717) is 11.7 Å². The van der Waals surface area contributed by atoms with Crippen molar-refractivity contribution in [3.8, 4) is 5.69 Å². The van der Waals surface area contributed by atoms with E-state index in [1.165, 1.54) is 16.9 Å². The quantitative estimate of drug-likeness (QED) is 0.524. The molecule has 5 rings (SSSR count). The molecule has 0 unspecified atom stereocenters. The number of rotatable bonds is 1. The fraction of sp³-hybridized carbons (Fsp3) is 0.316. The minimum Gasteiger partial charge on any atom is -0.268 e. The van der Waals surface area contributed by atoms with Gasteiger partial charge in [0, 0.05) is 4.88 Å². The molecule has 1 aromatic carbocycles. The zero-order chi connectivity index (χ0) is 17.1. The number of aryl methyl sites for hydroxylation is 2. The molecular weight excluding hydrogens is 332 g/mol. The molecule has 0 fully saturated rings. The molecule has 1 aliphatic carbocycles. The van der Waals surface area contributed by atoms with Crippen LogP contribution in [0.4, 0.5) is 0 Å². The third-order valence-electron chi connectivity index (χ3n) is 5.18. The van der Waals surface area contributed by atoms with E-state index in [4.69, 9.17) is 0 Å². The monoisotopic (exact) mass is 350 g/mol. The van der Waals surface area contributed by atoms with Crippen molar-refractivity contribution in [1.29, 1.82) is 0 Å². The summed E-state index contributed by atoms with van der Waals surface area (Å²) in [6, 6.07) is 9.72. The Morgan fingerprint density at radius 1 is 1.20 bits per heavy atom. The number of hydrogen-bond donors (Lipinski definition) is 0. The van der Waals surface area contributed by atoms with Gasteiger partial charge >= 0.3 is 0 Å². The molecule has 126 valence electrons. The molecule has 0 saturated heterocycles. The van der Waals surface area contributed by atoms with E-state index in [2.05, 4.69) is 17.1 Å². The van der Waals surface area contributed by atoms with E-state index < -0.39 is 0 Å². The Bertz CT molecular complexity index is 1170. The maximum absolute atomic E-state index is 13.5. The fourth-order valence-corrected chi connectivity index (χ4v) is 5.51. The first-order valence-electron chi connectivity index (χ1n) is 8.64. The zero-order valence-corrected chi connectivity index (χ0v) is 15.0. The highest BCUT2D eigenvalue weighted by Gasteiger charge is 2.27. The molecular formula is C19H18N4OS. The minimum atomic E-state index is 0.0207. The largest absolute Gasteiger partial charge is 0.268 e. The highest BCUT2D eigenvalue weighted by atomic mass is 32.1. The van der Waals surface area contributed by atoms with Crippen LogP contribution in [0.3, 0.4) is 0 Å². The van der Waals surface area contributed by atoms with E-state index in [1.807, 2.05) is 41.7 Å². The van der Waals surface area contributed by atoms with Gasteiger partial charge in [0.05, 0.1) is 11.1 Å². The Morgan fingerprint density at radius 2 is 2.00 bits per heavy atom. The summed E-state index contributed by atoms with van der Waals surface area (Å²) in [7, 11) is 0. The average molecular weight is 350 g/mol. The molecule has 5 nitrogen and oxygen atoms in total. The molecule has 3 heterocycles. The lowest BCUT2D eigenvalue weighted by Gasteiger charge is -2.18. The van der Waals surface area contributed by atoms with Gasteiger partial charge in [-0.15, -0.1) is 21.5 Å². The molecule has 3 aromatic heterocycles. The number of para-hydroxylation sites is 1. The lowest BCUT2D eigenvalue weighted by Crippen LogP contribution is -2.22. The average Bonchev–Trinajstić information content (AvgIpc) is 3.18. The van der Waals surface area contributed by atoms with E-state index in [1.54, 1.807) is 15.9 Å². The van der Waals surface area contributed by atoms with Crippen molar-refractivity contribution in [2.45, 2.75) is 39.0 Å². The van der Waals surface area contributed by atoms with E-state index in [0.717, 1.165) is 34.6 Å². The summed E-state index contributed by atoms with van der Waals surface area (Å²) in [5.74, 6) is 1.83. The molecule has 25 heavy (non-hydrogen) atoms. The van der Waals surface area contributed by atoms with Gasteiger partial charge in [-0.2, -0.15) is 0 Å². The molecule has 4 aromatic rings. The first kappa shape index (κ1) is 14.8. The van der Waals surface area contributed by atoms with Gasteiger partial charge in [0.2, 0.25) is 5.78 Å². The first-order valence-corrected chi connectivity index (χ1v) is 9.46. The van der Waals surface area contributed by atoms with Crippen molar-refractivity contribution in [1.82, 2.24) is 19.2 Å². The van der Waals surface area contributed by atoms with Crippen LogP contribution in [0.15, 0.2) is 35.1 Å². The zero-order valence-electron chi connectivity index (χ0n) is 14.2. The second-order valence-corrected chi connectivity index (χ2v) is 7.85. The Kier molecular flexibility index (Phi) is 3.12. The highest BCUT2D eigenvalue weighted by Crippen LogP contribution is 2.41. The van der Waals surface area contributed by atoms with Gasteiger partial charge in [0.1, 0.15) is 10.7 Å². The maximum atomic E-state index is 13.5. The molecule has 0 N–H and O–H groups in total. The predicted molar refractivity (Wildman–Crippen MR) is 100 cm³/mol. The van der Waals surface area contributed by atoms with Crippen LogP contribution in [-0.4, -0.2) is 19.2 Å². The normalized spacial score (nSPS) is 17.3. The fourth-order valence-electron chi connectivity index (χ4n) is 4.01. The molecule has 1 aliphatic rings. The second-order valence-electron chi connectivity index (χ2n) is 6.77. The van der Waals surface area contributed by atoms with Crippen molar-refractivity contribution in [3.63, 3.8) is 0 Å². The smallest absolute Gasteiger partial charge is 0.268 e. The molecule has 0 radical (unpaired) electrons. The van der Waals surface area contributed by atoms with E-state index >= 15 is 0 Å². The van der Waals surface area contributed by atoms with Crippen molar-refractivity contribution in [2.75, 3.05) is 0 Å². The number of aromatic nitrogens is 4. The van der Waals surface area contributed by atoms with Crippen LogP contribution >= 0.6 is 11.3 Å². The number of hydrogen-bond acceptors (Lipinski definition) is 4. The summed E-state index contributed by atoms with van der Waals surface area (Å²) in [5.41, 5.74) is 2.10. The molecule has 0 spiro atoms. The lowest BCUT2D eigenvalue weighted by atomic mass is 9.88. The van der Waals surface area contributed by atoms with Crippen LogP contribution in [-0.2, 0) is 6.42 Å². The van der Waals surface area contributed by atoms with Crippen molar-refractivity contribution < 1.29 is 0 Å². The Labute approximate surface area is 148 Å². The topological polar surface area (TPSA) is 52.2 Å². The third-order valence-corrected chi connectivity index (χ3v) is 6.43. The van der Waals surface area contributed by atoms with Gasteiger partial charge in [-0.1, -0.05) is 25.1 Å². The van der Waals surface area contributed by atoms with Crippen molar-refractivity contribution in [3.05, 3.63) is 57.0 Å². The van der Waals surface area contributed by atoms with Gasteiger partial charge in [-0.3, -0.25) is 9.20 Å². The van der Waals surface area contributed by atoms with Crippen LogP contribution in [0.25, 0.3) is 21.7 Å². The third kappa shape index (κ3) is 1.97. The van der Waals surface area contributed by atoms with Crippen molar-refractivity contribution >= 4 is 27.3 Å². The Balaban J connectivity index is 2.03. The van der Waals surface area contributed by atoms with Crippen LogP contribution in [0, 0.1) is 6.92 Å². The maximum Gasteiger partial charge on any atom is 0.268 e. The Hall–Kier alpha value is -2.47. The number of nitrogens with zero attached hydrogens (tertiary/aromatic N) is 4. The summed E-state index contributed by atoms with van der Waals surface area (Å²) in [4.78, 5) is 15.9. The van der Waals surface area contributed by atoms with Crippen LogP contribution in [0.2, 0.25) is 0 Å². The lowest BCUT2D eigenvalue weighted by molar-refractivity contribution is 0.601. The molecule has 1 atom stereocenters. The molecule has 0 bridgehead atoms. The van der Waals surface area contributed by atoms with E-state index in [9.17, 15) is 4.79 Å². The SMILES string of the molecule is Cc1nnc2n(-c3ccccc3)c(=O)c3c4c(sc3n12)CCC[C@@H]4C. The summed E-state index contributed by atoms with van der Waals surface area (Å²) < 4.78 is 3.75. The Morgan fingerprint density at radius 3 is 2.80 bits per heavy atom. The number of fused-ring (bicyclic) bond motifs is 5. The van der Waals surface area contributed by atoms with E-state index in [-0.39, 0.29) is 5.56 Å².